The largest absolute Gasteiger partial charge is 0.472 e. The summed E-state index contributed by atoms with van der Waals surface area (Å²) in [5, 5.41) is 11.5. The minimum atomic E-state index is -0.133. The van der Waals surface area contributed by atoms with Gasteiger partial charge in [0, 0.05) is 16.6 Å². The fourth-order valence-electron chi connectivity index (χ4n) is 3.48. The van der Waals surface area contributed by atoms with E-state index < -0.39 is 0 Å². The van der Waals surface area contributed by atoms with Crippen LogP contribution in [0.3, 0.4) is 0 Å². The second-order valence-corrected chi connectivity index (χ2v) is 6.30. The number of rotatable bonds is 5. The number of hydrogen-bond donors (Lipinski definition) is 2. The number of aromatic amines is 1. The van der Waals surface area contributed by atoms with Crippen molar-refractivity contribution in [1.29, 1.82) is 0 Å². The molecule has 0 radical (unpaired) electrons. The van der Waals surface area contributed by atoms with Gasteiger partial charge in [0.25, 0.3) is 5.88 Å². The zero-order valence-corrected chi connectivity index (χ0v) is 14.0. The number of para-hydroxylation sites is 1. The Hall–Kier alpha value is -2.83. The molecule has 25 heavy (non-hydrogen) atoms. The van der Waals surface area contributed by atoms with Crippen LogP contribution in [0.5, 0.6) is 5.88 Å². The van der Waals surface area contributed by atoms with Crippen molar-refractivity contribution in [1.82, 2.24) is 20.6 Å². The molecule has 0 bridgehead atoms. The molecule has 0 fully saturated rings. The molecule has 1 atom stereocenters. The Bertz CT molecular complexity index is 899. The van der Waals surface area contributed by atoms with Crippen LogP contribution in [0.2, 0.25) is 0 Å². The van der Waals surface area contributed by atoms with Gasteiger partial charge >= 0.3 is 0 Å². The predicted octanol–water partition coefficient (Wildman–Crippen LogP) is 2.47. The molecule has 0 unspecified atom stereocenters. The summed E-state index contributed by atoms with van der Waals surface area (Å²) in [5.74, 6) is 0.266. The van der Waals surface area contributed by atoms with E-state index in [9.17, 15) is 4.79 Å². The van der Waals surface area contributed by atoms with Crippen LogP contribution in [0.15, 0.2) is 28.9 Å². The van der Waals surface area contributed by atoms with Crippen molar-refractivity contribution in [3.8, 4) is 5.88 Å². The van der Waals surface area contributed by atoms with Crippen LogP contribution in [-0.2, 0) is 11.2 Å². The van der Waals surface area contributed by atoms with Crippen molar-refractivity contribution < 1.29 is 14.2 Å². The lowest BCUT2D eigenvalue weighted by Gasteiger charge is -2.22. The van der Waals surface area contributed by atoms with Gasteiger partial charge < -0.3 is 15.0 Å². The molecule has 0 saturated carbocycles. The maximum atomic E-state index is 12.6. The summed E-state index contributed by atoms with van der Waals surface area (Å²) in [6, 6.07) is 8.23. The molecule has 0 aliphatic heterocycles. The molecule has 7 nitrogen and oxygen atoms in total. The normalized spacial score (nSPS) is 16.6. The van der Waals surface area contributed by atoms with E-state index in [-0.39, 0.29) is 11.8 Å². The van der Waals surface area contributed by atoms with Crippen LogP contribution in [0.4, 0.5) is 0 Å². The van der Waals surface area contributed by atoms with E-state index in [1.807, 2.05) is 12.1 Å². The number of H-pyrrole nitrogens is 1. The molecule has 2 aromatic heterocycles. The summed E-state index contributed by atoms with van der Waals surface area (Å²) in [6.45, 7) is 2.49. The number of nitrogens with zero attached hydrogens (tertiary/aromatic N) is 2. The highest BCUT2D eigenvalue weighted by Crippen LogP contribution is 2.36. The topological polar surface area (TPSA) is 93.0 Å². The van der Waals surface area contributed by atoms with Gasteiger partial charge in [-0.25, -0.2) is 4.63 Å². The fraction of sp³-hybridized carbons (Fsp3) is 0.389. The molecule has 7 heteroatoms. The van der Waals surface area contributed by atoms with Crippen LogP contribution < -0.4 is 10.1 Å². The van der Waals surface area contributed by atoms with Gasteiger partial charge in [-0.2, -0.15) is 0 Å². The van der Waals surface area contributed by atoms with Crippen molar-refractivity contribution >= 4 is 16.8 Å². The van der Waals surface area contributed by atoms with E-state index in [4.69, 9.17) is 4.74 Å². The smallest absolute Gasteiger partial charge is 0.278 e. The SMILES string of the molecule is Cc1nonc1OCCNC(=O)[C@@H]1CCCc2c1[nH]c1ccccc21. The summed E-state index contributed by atoms with van der Waals surface area (Å²) in [4.78, 5) is 16.1. The molecule has 1 amide bonds. The Morgan fingerprint density at radius 3 is 3.12 bits per heavy atom. The van der Waals surface area contributed by atoms with E-state index in [1.54, 1.807) is 6.92 Å². The number of carbonyl (C=O) groups is 1. The number of fused-ring (bicyclic) bond motifs is 3. The third-order valence-corrected chi connectivity index (χ3v) is 4.68. The molecular formula is C18H20N4O3. The second-order valence-electron chi connectivity index (χ2n) is 6.30. The Morgan fingerprint density at radius 1 is 1.40 bits per heavy atom. The molecule has 1 aromatic carbocycles. The monoisotopic (exact) mass is 340 g/mol. The highest BCUT2D eigenvalue weighted by molar-refractivity contribution is 5.90. The Balaban J connectivity index is 1.41. The Kier molecular flexibility index (Phi) is 4.13. The van der Waals surface area contributed by atoms with Gasteiger partial charge in [-0.05, 0) is 43.0 Å². The average molecular weight is 340 g/mol. The van der Waals surface area contributed by atoms with Gasteiger partial charge in [0.1, 0.15) is 12.3 Å². The molecular weight excluding hydrogens is 320 g/mol. The van der Waals surface area contributed by atoms with Gasteiger partial charge in [0.15, 0.2) is 0 Å². The summed E-state index contributed by atoms with van der Waals surface area (Å²) in [7, 11) is 0. The highest BCUT2D eigenvalue weighted by Gasteiger charge is 2.29. The zero-order valence-electron chi connectivity index (χ0n) is 14.0. The molecule has 1 aliphatic rings. The fourth-order valence-corrected chi connectivity index (χ4v) is 3.48. The van der Waals surface area contributed by atoms with Gasteiger partial charge in [0.05, 0.1) is 12.5 Å². The average Bonchev–Trinajstić information content (AvgIpc) is 3.21. The maximum absolute atomic E-state index is 12.6. The summed E-state index contributed by atoms with van der Waals surface area (Å²) < 4.78 is 10.0. The number of nitrogens with one attached hydrogen (secondary N) is 2. The molecule has 4 rings (SSSR count). The quantitative estimate of drug-likeness (QED) is 0.696. The van der Waals surface area contributed by atoms with Crippen molar-refractivity contribution in [2.75, 3.05) is 13.2 Å². The number of amides is 1. The van der Waals surface area contributed by atoms with Crippen molar-refractivity contribution in [2.45, 2.75) is 32.1 Å². The first-order valence-electron chi connectivity index (χ1n) is 8.53. The Morgan fingerprint density at radius 2 is 2.28 bits per heavy atom. The van der Waals surface area contributed by atoms with Gasteiger partial charge in [-0.15, -0.1) is 0 Å². The molecule has 2 heterocycles. The molecule has 2 N–H and O–H groups in total. The maximum Gasteiger partial charge on any atom is 0.278 e. The van der Waals surface area contributed by atoms with Crippen LogP contribution in [-0.4, -0.2) is 34.4 Å². The first kappa shape index (κ1) is 15.7. The van der Waals surface area contributed by atoms with Gasteiger partial charge in [-0.1, -0.05) is 23.4 Å². The first-order chi connectivity index (χ1) is 12.2. The summed E-state index contributed by atoms with van der Waals surface area (Å²) in [5.41, 5.74) is 4.04. The second kappa shape index (κ2) is 6.58. The highest BCUT2D eigenvalue weighted by atomic mass is 16.6. The summed E-state index contributed by atoms with van der Waals surface area (Å²) in [6.07, 6.45) is 2.90. The number of hydrogen-bond acceptors (Lipinski definition) is 5. The predicted molar refractivity (Wildman–Crippen MR) is 91.5 cm³/mol. The van der Waals surface area contributed by atoms with E-state index in [0.29, 0.717) is 24.7 Å². The Labute approximate surface area is 144 Å². The van der Waals surface area contributed by atoms with E-state index in [0.717, 1.165) is 30.5 Å². The molecule has 1 aliphatic carbocycles. The molecule has 0 spiro atoms. The molecule has 130 valence electrons. The van der Waals surface area contributed by atoms with Crippen LogP contribution in [0.25, 0.3) is 10.9 Å². The van der Waals surface area contributed by atoms with E-state index in [2.05, 4.69) is 37.4 Å². The zero-order chi connectivity index (χ0) is 17.2. The standard InChI is InChI=1S/C18H20N4O3/c1-11-18(22-25-21-11)24-10-9-19-17(23)14-7-4-6-13-12-5-2-3-8-15(12)20-16(13)14/h2-3,5,8,14,20H,4,6-7,9-10H2,1H3,(H,19,23)/t14-/m1/s1. The molecule has 3 aromatic rings. The number of ether oxygens (including phenoxy) is 1. The van der Waals surface area contributed by atoms with Gasteiger partial charge in [0.2, 0.25) is 5.91 Å². The summed E-state index contributed by atoms with van der Waals surface area (Å²) >= 11 is 0. The third-order valence-electron chi connectivity index (χ3n) is 4.68. The van der Waals surface area contributed by atoms with Crippen LogP contribution in [0.1, 0.15) is 35.7 Å². The third kappa shape index (κ3) is 2.97. The minimum absolute atomic E-state index is 0.0334. The lowest BCUT2D eigenvalue weighted by Crippen LogP contribution is -2.34. The number of benzene rings is 1. The number of carbonyl (C=O) groups excluding carboxylic acids is 1. The van der Waals surface area contributed by atoms with E-state index in [1.165, 1.54) is 10.9 Å². The van der Waals surface area contributed by atoms with Crippen molar-refractivity contribution in [3.63, 3.8) is 0 Å². The molecule has 0 saturated heterocycles. The van der Waals surface area contributed by atoms with Gasteiger partial charge in [-0.3, -0.25) is 4.79 Å². The lowest BCUT2D eigenvalue weighted by atomic mass is 9.86. The van der Waals surface area contributed by atoms with Crippen molar-refractivity contribution in [3.05, 3.63) is 41.2 Å². The van der Waals surface area contributed by atoms with E-state index >= 15 is 0 Å². The van der Waals surface area contributed by atoms with Crippen LogP contribution >= 0.6 is 0 Å². The van der Waals surface area contributed by atoms with Crippen molar-refractivity contribution in [2.24, 2.45) is 0 Å². The lowest BCUT2D eigenvalue weighted by molar-refractivity contribution is -0.123. The number of aryl methyl sites for hydroxylation is 2. The minimum Gasteiger partial charge on any atom is -0.472 e. The van der Waals surface area contributed by atoms with Crippen LogP contribution in [0, 0.1) is 6.92 Å². The number of aromatic nitrogens is 3. The first-order valence-corrected chi connectivity index (χ1v) is 8.53.